The van der Waals surface area contributed by atoms with Crippen molar-refractivity contribution in [3.05, 3.63) is 16.9 Å². The van der Waals surface area contributed by atoms with Gasteiger partial charge in [-0.2, -0.15) is 0 Å². The zero-order valence-electron chi connectivity index (χ0n) is 9.36. The first-order chi connectivity index (χ1) is 7.75. The molecule has 2 fully saturated rings. The van der Waals surface area contributed by atoms with E-state index in [1.54, 1.807) is 0 Å². The lowest BCUT2D eigenvalue weighted by Gasteiger charge is -2.36. The maximum Gasteiger partial charge on any atom is 0.389 e. The third-order valence-electron chi connectivity index (χ3n) is 3.45. The average Bonchev–Trinajstić information content (AvgIpc) is 2.32. The summed E-state index contributed by atoms with van der Waals surface area (Å²) in [7, 11) is -3.53. The summed E-state index contributed by atoms with van der Waals surface area (Å²) in [6.07, 6.45) is 0.696. The van der Waals surface area contributed by atoms with Crippen LogP contribution in [0.4, 0.5) is 0 Å². The highest BCUT2D eigenvalue weighted by Gasteiger charge is 2.67. The highest BCUT2D eigenvalue weighted by Crippen LogP contribution is 2.47. The van der Waals surface area contributed by atoms with Gasteiger partial charge in [0, 0.05) is 0 Å². The van der Waals surface area contributed by atoms with Crippen LogP contribution in [-0.4, -0.2) is 40.5 Å². The SMILES string of the molecule is CC1(C)[C@H](/C(O)=C/[N+]#N)N2C(=O)C[C@H]2S1(=O)=O. The number of carbonyl (C=O) groups excluding carboxylic acids is 1. The number of amides is 1. The van der Waals surface area contributed by atoms with Crippen LogP contribution in [-0.2, 0) is 14.6 Å². The standard InChI is InChI=1S/C9H11N3O4S/c1-9(2)8(5(13)4-11-10)12-6(14)3-7(12)17(9,15)16/h4,7-8H,3H2,1-2H3/p+1/b5-4-/t7-,8+/m1/s1. The van der Waals surface area contributed by atoms with Gasteiger partial charge in [0.2, 0.25) is 17.1 Å². The number of hydrogen-bond donors (Lipinski definition) is 1. The molecule has 0 aliphatic carbocycles. The first-order valence-electron chi connectivity index (χ1n) is 5.03. The van der Waals surface area contributed by atoms with E-state index in [0.29, 0.717) is 0 Å². The van der Waals surface area contributed by atoms with Crippen LogP contribution >= 0.6 is 0 Å². The summed E-state index contributed by atoms with van der Waals surface area (Å²) in [6, 6.07) is -0.991. The average molecular weight is 258 g/mol. The van der Waals surface area contributed by atoms with E-state index in [0.717, 1.165) is 11.1 Å². The molecule has 2 atom stereocenters. The molecule has 2 aliphatic rings. The van der Waals surface area contributed by atoms with Crippen LogP contribution < -0.4 is 0 Å². The smallest absolute Gasteiger partial charge is 0.389 e. The van der Waals surface area contributed by atoms with Gasteiger partial charge in [-0.3, -0.25) is 4.79 Å². The quantitative estimate of drug-likeness (QED) is 0.416. The largest absolute Gasteiger partial charge is 0.504 e. The summed E-state index contributed by atoms with van der Waals surface area (Å²) < 4.78 is 22.9. The maximum atomic E-state index is 12.1. The molecular weight excluding hydrogens is 246 g/mol. The predicted molar refractivity (Wildman–Crippen MR) is 57.8 cm³/mol. The molecule has 2 rings (SSSR count). The maximum absolute atomic E-state index is 12.1. The van der Waals surface area contributed by atoms with E-state index >= 15 is 0 Å². The van der Waals surface area contributed by atoms with Crippen LogP contribution in [0.1, 0.15) is 20.3 Å². The molecule has 0 radical (unpaired) electrons. The van der Waals surface area contributed by atoms with Crippen molar-refractivity contribution in [3.63, 3.8) is 0 Å². The summed E-state index contributed by atoms with van der Waals surface area (Å²) in [5.74, 6) is -0.760. The Morgan fingerprint density at radius 3 is 2.71 bits per heavy atom. The first-order valence-corrected chi connectivity index (χ1v) is 6.57. The van der Waals surface area contributed by atoms with Crippen molar-refractivity contribution in [1.29, 1.82) is 5.39 Å². The number of nitrogens with zero attached hydrogens (tertiary/aromatic N) is 3. The number of rotatable bonds is 1. The Morgan fingerprint density at radius 1 is 1.65 bits per heavy atom. The van der Waals surface area contributed by atoms with Gasteiger partial charge < -0.3 is 10.0 Å². The minimum Gasteiger partial charge on any atom is -0.504 e. The van der Waals surface area contributed by atoms with Crippen LogP contribution in [0.3, 0.4) is 0 Å². The molecule has 0 spiro atoms. The number of diazo groups is 1. The second kappa shape index (κ2) is 3.20. The molecule has 0 saturated carbocycles. The summed E-state index contributed by atoms with van der Waals surface area (Å²) in [4.78, 5) is 15.2. The summed E-state index contributed by atoms with van der Waals surface area (Å²) in [6.45, 7) is 2.89. The normalized spacial score (nSPS) is 33.8. The van der Waals surface area contributed by atoms with Crippen LogP contribution in [0.25, 0.3) is 4.98 Å². The minimum atomic E-state index is -3.53. The molecule has 0 aromatic carbocycles. The van der Waals surface area contributed by atoms with Gasteiger partial charge in [-0.05, 0) is 13.8 Å². The van der Waals surface area contributed by atoms with E-state index in [1.807, 2.05) is 0 Å². The van der Waals surface area contributed by atoms with Crippen LogP contribution in [0.5, 0.6) is 0 Å². The Hall–Kier alpha value is -1.62. The van der Waals surface area contributed by atoms with Gasteiger partial charge in [0.15, 0.2) is 14.8 Å². The van der Waals surface area contributed by atoms with Crippen molar-refractivity contribution in [2.75, 3.05) is 0 Å². The van der Waals surface area contributed by atoms with E-state index in [9.17, 15) is 18.3 Å². The lowest BCUT2D eigenvalue weighted by molar-refractivity contribution is -0.144. The molecule has 2 heterocycles. The molecule has 0 unspecified atom stereocenters. The van der Waals surface area contributed by atoms with E-state index in [4.69, 9.17) is 5.39 Å². The third kappa shape index (κ3) is 1.23. The Balaban J connectivity index is 2.56. The van der Waals surface area contributed by atoms with E-state index < -0.39 is 31.8 Å². The zero-order chi connectivity index (χ0) is 13.0. The van der Waals surface area contributed by atoms with Crippen molar-refractivity contribution >= 4 is 15.7 Å². The monoisotopic (exact) mass is 258 g/mol. The molecule has 2 aliphatic heterocycles. The van der Waals surface area contributed by atoms with Gasteiger partial charge in [0.1, 0.15) is 11.4 Å². The lowest BCUT2D eigenvalue weighted by Crippen LogP contribution is -2.54. The van der Waals surface area contributed by atoms with Gasteiger partial charge in [0.25, 0.3) is 0 Å². The number of sulfone groups is 1. The Bertz CT molecular complexity index is 557. The molecule has 17 heavy (non-hydrogen) atoms. The fourth-order valence-corrected chi connectivity index (χ4v) is 4.59. The van der Waals surface area contributed by atoms with Gasteiger partial charge in [-0.15, -0.1) is 0 Å². The molecule has 1 amide bonds. The number of β-lactam (4-membered cyclic amide) rings is 1. The van der Waals surface area contributed by atoms with Gasteiger partial charge >= 0.3 is 6.20 Å². The molecule has 1 N–H and O–H groups in total. The zero-order valence-corrected chi connectivity index (χ0v) is 10.2. The number of fused-ring (bicyclic) bond motifs is 1. The van der Waals surface area contributed by atoms with Crippen LogP contribution in [0.2, 0.25) is 0 Å². The predicted octanol–water partition coefficient (Wildman–Crippen LogP) is 0.373. The molecule has 0 bridgehead atoms. The summed E-state index contributed by atoms with van der Waals surface area (Å²) in [5, 5.41) is 17.2. The molecule has 8 heteroatoms. The second-order valence-corrected chi connectivity index (χ2v) is 7.37. The summed E-state index contributed by atoms with van der Waals surface area (Å²) >= 11 is 0. The Morgan fingerprint density at radius 2 is 2.24 bits per heavy atom. The van der Waals surface area contributed by atoms with Crippen LogP contribution in [0, 0.1) is 5.39 Å². The molecule has 7 nitrogen and oxygen atoms in total. The van der Waals surface area contributed by atoms with Gasteiger partial charge in [-0.1, -0.05) is 0 Å². The minimum absolute atomic E-state index is 0.0498. The van der Waals surface area contributed by atoms with Gasteiger partial charge in [-0.25, -0.2) is 8.42 Å². The fraction of sp³-hybridized carbons (Fsp3) is 0.667. The number of hydrogen-bond acceptors (Lipinski definition) is 5. The number of aliphatic hydroxyl groups is 1. The van der Waals surface area contributed by atoms with Crippen molar-refractivity contribution in [2.24, 2.45) is 0 Å². The van der Waals surface area contributed by atoms with Crippen molar-refractivity contribution in [3.8, 4) is 0 Å². The molecule has 2 saturated heterocycles. The van der Waals surface area contributed by atoms with E-state index in [-0.39, 0.29) is 12.3 Å². The first kappa shape index (κ1) is 11.9. The molecule has 0 aromatic rings. The lowest BCUT2D eigenvalue weighted by atomic mass is 9.97. The second-order valence-electron chi connectivity index (χ2n) is 4.68. The van der Waals surface area contributed by atoms with E-state index in [2.05, 4.69) is 4.98 Å². The highest BCUT2D eigenvalue weighted by molar-refractivity contribution is 7.93. The summed E-state index contributed by atoms with van der Waals surface area (Å²) in [5.41, 5.74) is 0. The van der Waals surface area contributed by atoms with Crippen molar-refractivity contribution in [2.45, 2.75) is 36.4 Å². The Labute approximate surface area is 98.3 Å². The van der Waals surface area contributed by atoms with Gasteiger partial charge in [0.05, 0.1) is 11.2 Å². The Kier molecular flexibility index (Phi) is 2.23. The van der Waals surface area contributed by atoms with Crippen LogP contribution in [0.15, 0.2) is 12.0 Å². The molecule has 92 valence electrons. The number of aliphatic hydroxyl groups excluding tert-OH is 1. The molecular formula is C9H12N3O4S+. The van der Waals surface area contributed by atoms with Crippen molar-refractivity contribution in [1.82, 2.24) is 4.90 Å². The third-order valence-corrected chi connectivity index (χ3v) is 6.25. The number of carbonyl (C=O) groups is 1. The molecule has 0 aromatic heterocycles. The highest BCUT2D eigenvalue weighted by atomic mass is 32.2. The van der Waals surface area contributed by atoms with Crippen molar-refractivity contribution < 1.29 is 18.3 Å². The van der Waals surface area contributed by atoms with E-state index in [1.165, 1.54) is 13.8 Å². The topological polar surface area (TPSA) is 103 Å². The fourth-order valence-electron chi connectivity index (χ4n) is 2.44.